The second-order valence-corrected chi connectivity index (χ2v) is 5.32. The lowest BCUT2D eigenvalue weighted by atomic mass is 9.86. The molecule has 5 heteroatoms. The first-order valence-corrected chi connectivity index (χ1v) is 6.81. The van der Waals surface area contributed by atoms with Crippen molar-refractivity contribution in [1.29, 1.82) is 0 Å². The quantitative estimate of drug-likeness (QED) is 0.837. The monoisotopic (exact) mass is 266 g/mol. The Morgan fingerprint density at radius 1 is 1.58 bits per heavy atom. The van der Waals surface area contributed by atoms with Gasteiger partial charge in [0.15, 0.2) is 12.1 Å². The number of ether oxygens (including phenoxy) is 1. The molecule has 2 heterocycles. The highest BCUT2D eigenvalue weighted by molar-refractivity contribution is 5.93. The summed E-state index contributed by atoms with van der Waals surface area (Å²) in [6.45, 7) is 6.37. The topological polar surface area (TPSA) is 55.6 Å². The number of methoxy groups -OCH3 is 1. The fraction of sp³-hybridized carbons (Fsp3) is 0.714. The van der Waals surface area contributed by atoms with E-state index in [-0.39, 0.29) is 5.91 Å². The fourth-order valence-corrected chi connectivity index (χ4v) is 2.73. The second-order valence-electron chi connectivity index (χ2n) is 5.32. The van der Waals surface area contributed by atoms with E-state index in [1.165, 1.54) is 6.39 Å². The molecule has 0 aromatic carbocycles. The lowest BCUT2D eigenvalue weighted by molar-refractivity contribution is 0.0592. The van der Waals surface area contributed by atoms with E-state index in [0.29, 0.717) is 23.3 Å². The van der Waals surface area contributed by atoms with Gasteiger partial charge >= 0.3 is 0 Å². The molecule has 1 saturated heterocycles. The molecule has 2 rings (SSSR count). The number of aryl methyl sites for hydroxylation is 1. The summed E-state index contributed by atoms with van der Waals surface area (Å²) in [5.74, 6) is 1.78. The van der Waals surface area contributed by atoms with Gasteiger partial charge in [-0.2, -0.15) is 0 Å². The van der Waals surface area contributed by atoms with E-state index in [1.54, 1.807) is 14.0 Å². The van der Waals surface area contributed by atoms with Crippen LogP contribution >= 0.6 is 0 Å². The second kappa shape index (κ2) is 6.19. The van der Waals surface area contributed by atoms with Gasteiger partial charge in [0.2, 0.25) is 0 Å². The predicted octanol–water partition coefficient (Wildman–Crippen LogP) is 2.12. The van der Waals surface area contributed by atoms with Gasteiger partial charge in [-0.15, -0.1) is 0 Å². The molecule has 1 aromatic rings. The van der Waals surface area contributed by atoms with E-state index in [0.717, 1.165) is 32.5 Å². The van der Waals surface area contributed by atoms with Crippen LogP contribution < -0.4 is 0 Å². The Balaban J connectivity index is 1.90. The van der Waals surface area contributed by atoms with Crippen LogP contribution in [0.15, 0.2) is 10.8 Å². The first-order chi connectivity index (χ1) is 9.13. The number of nitrogens with zero attached hydrogens (tertiary/aromatic N) is 2. The number of aromatic nitrogens is 1. The molecule has 1 fully saturated rings. The van der Waals surface area contributed by atoms with E-state index in [2.05, 4.69) is 11.9 Å². The number of likely N-dealkylation sites (tertiary alicyclic amines) is 1. The first kappa shape index (κ1) is 14.1. The van der Waals surface area contributed by atoms with Crippen molar-refractivity contribution < 1.29 is 13.9 Å². The zero-order chi connectivity index (χ0) is 13.8. The van der Waals surface area contributed by atoms with Crippen LogP contribution in [0.4, 0.5) is 0 Å². The van der Waals surface area contributed by atoms with E-state index in [1.807, 2.05) is 4.90 Å². The highest BCUT2D eigenvalue weighted by Gasteiger charge is 2.28. The van der Waals surface area contributed by atoms with Crippen LogP contribution in [0, 0.1) is 18.8 Å². The van der Waals surface area contributed by atoms with Crippen LogP contribution in [0.3, 0.4) is 0 Å². The summed E-state index contributed by atoms with van der Waals surface area (Å²) in [5, 5.41) is 0. The molecule has 1 amide bonds. The summed E-state index contributed by atoms with van der Waals surface area (Å²) >= 11 is 0. The molecule has 5 nitrogen and oxygen atoms in total. The van der Waals surface area contributed by atoms with E-state index < -0.39 is 0 Å². The van der Waals surface area contributed by atoms with Crippen molar-refractivity contribution in [2.24, 2.45) is 11.8 Å². The van der Waals surface area contributed by atoms with Crippen LogP contribution in [-0.4, -0.2) is 42.6 Å². The zero-order valence-electron chi connectivity index (χ0n) is 11.9. The van der Waals surface area contributed by atoms with E-state index >= 15 is 0 Å². The third-order valence-corrected chi connectivity index (χ3v) is 4.01. The third-order valence-electron chi connectivity index (χ3n) is 4.01. The largest absolute Gasteiger partial charge is 0.448 e. The third kappa shape index (κ3) is 3.15. The van der Waals surface area contributed by atoms with E-state index in [4.69, 9.17) is 9.15 Å². The number of hydrogen-bond donors (Lipinski definition) is 0. The lowest BCUT2D eigenvalue weighted by Gasteiger charge is -2.34. The average Bonchev–Trinajstić information content (AvgIpc) is 2.84. The molecular formula is C14H22N2O3. The van der Waals surface area contributed by atoms with Gasteiger partial charge in [-0.05, 0) is 31.6 Å². The van der Waals surface area contributed by atoms with Crippen LogP contribution in [0.1, 0.15) is 36.0 Å². The number of carbonyl (C=O) groups excluding carboxylic acids is 1. The smallest absolute Gasteiger partial charge is 0.276 e. The van der Waals surface area contributed by atoms with Gasteiger partial charge in [-0.1, -0.05) is 6.92 Å². The Morgan fingerprint density at radius 3 is 2.79 bits per heavy atom. The molecule has 1 aromatic heterocycles. The summed E-state index contributed by atoms with van der Waals surface area (Å²) in [5.41, 5.74) is 0.448. The molecule has 0 aliphatic carbocycles. The maximum absolute atomic E-state index is 12.3. The minimum Gasteiger partial charge on any atom is -0.448 e. The highest BCUT2D eigenvalue weighted by atomic mass is 16.5. The van der Waals surface area contributed by atoms with Crippen molar-refractivity contribution in [3.05, 3.63) is 17.8 Å². The molecule has 1 aliphatic heterocycles. The summed E-state index contributed by atoms with van der Waals surface area (Å²) in [6.07, 6.45) is 3.40. The van der Waals surface area contributed by atoms with Gasteiger partial charge in [0.25, 0.3) is 5.91 Å². The fourth-order valence-electron chi connectivity index (χ4n) is 2.73. The predicted molar refractivity (Wildman–Crippen MR) is 70.9 cm³/mol. The summed E-state index contributed by atoms with van der Waals surface area (Å²) in [4.78, 5) is 18.1. The van der Waals surface area contributed by atoms with Crippen LogP contribution in [-0.2, 0) is 4.74 Å². The Kier molecular flexibility index (Phi) is 4.58. The molecule has 1 atom stereocenters. The molecule has 0 bridgehead atoms. The molecular weight excluding hydrogens is 244 g/mol. The van der Waals surface area contributed by atoms with Gasteiger partial charge in [0.05, 0.1) is 0 Å². The van der Waals surface area contributed by atoms with Crippen molar-refractivity contribution in [3.8, 4) is 0 Å². The first-order valence-electron chi connectivity index (χ1n) is 6.81. The van der Waals surface area contributed by atoms with Gasteiger partial charge < -0.3 is 14.1 Å². The Labute approximate surface area is 113 Å². The van der Waals surface area contributed by atoms with Crippen LogP contribution in [0.2, 0.25) is 0 Å². The molecule has 106 valence electrons. The molecule has 19 heavy (non-hydrogen) atoms. The van der Waals surface area contributed by atoms with Crippen molar-refractivity contribution in [2.75, 3.05) is 26.8 Å². The normalized spacial score (nSPS) is 18.6. The van der Waals surface area contributed by atoms with Crippen molar-refractivity contribution in [3.63, 3.8) is 0 Å². The molecule has 0 N–H and O–H groups in total. The highest BCUT2D eigenvalue weighted by Crippen LogP contribution is 2.26. The Morgan fingerprint density at radius 2 is 2.26 bits per heavy atom. The standard InChI is InChI=1S/C14H22N2O3/c1-10(8-18-3)12-4-6-16(7-5-12)14(17)13-11(2)19-9-15-13/h9-10,12H,4-8H2,1-3H3. The SMILES string of the molecule is COCC(C)C1CCN(C(=O)c2ncoc2C)CC1. The number of amides is 1. The summed E-state index contributed by atoms with van der Waals surface area (Å²) in [7, 11) is 1.74. The zero-order valence-corrected chi connectivity index (χ0v) is 11.9. The number of oxazole rings is 1. The maximum atomic E-state index is 12.3. The average molecular weight is 266 g/mol. The molecule has 1 aliphatic rings. The summed E-state index contributed by atoms with van der Waals surface area (Å²) < 4.78 is 10.3. The van der Waals surface area contributed by atoms with Gasteiger partial charge in [-0.25, -0.2) is 4.98 Å². The Hall–Kier alpha value is -1.36. The molecule has 0 radical (unpaired) electrons. The number of hydrogen-bond acceptors (Lipinski definition) is 4. The molecule has 0 saturated carbocycles. The van der Waals surface area contributed by atoms with Gasteiger partial charge in [-0.3, -0.25) is 4.79 Å². The van der Waals surface area contributed by atoms with Crippen molar-refractivity contribution in [1.82, 2.24) is 9.88 Å². The summed E-state index contributed by atoms with van der Waals surface area (Å²) in [6, 6.07) is 0. The van der Waals surface area contributed by atoms with E-state index in [9.17, 15) is 4.79 Å². The molecule has 1 unspecified atom stereocenters. The number of carbonyl (C=O) groups is 1. The number of rotatable bonds is 4. The van der Waals surface area contributed by atoms with Crippen molar-refractivity contribution in [2.45, 2.75) is 26.7 Å². The van der Waals surface area contributed by atoms with Crippen LogP contribution in [0.5, 0.6) is 0 Å². The number of piperidine rings is 1. The van der Waals surface area contributed by atoms with Gasteiger partial charge in [0, 0.05) is 26.8 Å². The minimum atomic E-state index is -0.0101. The molecule has 0 spiro atoms. The maximum Gasteiger partial charge on any atom is 0.276 e. The van der Waals surface area contributed by atoms with Crippen molar-refractivity contribution >= 4 is 5.91 Å². The minimum absolute atomic E-state index is 0.0101. The van der Waals surface area contributed by atoms with Crippen LogP contribution in [0.25, 0.3) is 0 Å². The Bertz CT molecular complexity index is 422. The lowest BCUT2D eigenvalue weighted by Crippen LogP contribution is -2.40. The van der Waals surface area contributed by atoms with Gasteiger partial charge in [0.1, 0.15) is 5.76 Å².